The summed E-state index contributed by atoms with van der Waals surface area (Å²) in [5.74, 6) is -0.375. The number of hydrogen-bond donors (Lipinski definition) is 4. The van der Waals surface area contributed by atoms with E-state index in [1.807, 2.05) is 19.9 Å². The summed E-state index contributed by atoms with van der Waals surface area (Å²) in [5, 5.41) is 21.2. The Hall–Kier alpha value is -4.20. The summed E-state index contributed by atoms with van der Waals surface area (Å²) in [5.41, 5.74) is 9.54. The summed E-state index contributed by atoms with van der Waals surface area (Å²) >= 11 is 0. The molecule has 0 fully saturated rings. The van der Waals surface area contributed by atoms with E-state index in [0.717, 1.165) is 10.3 Å². The summed E-state index contributed by atoms with van der Waals surface area (Å²) < 4.78 is 0.941. The zero-order valence-electron chi connectivity index (χ0n) is 19.5. The number of carbonyl (C=O) groups is 2. The van der Waals surface area contributed by atoms with Gasteiger partial charge in [0.1, 0.15) is 5.84 Å². The summed E-state index contributed by atoms with van der Waals surface area (Å²) in [4.78, 5) is 29.1. The van der Waals surface area contributed by atoms with Gasteiger partial charge in [0.2, 0.25) is 5.91 Å². The van der Waals surface area contributed by atoms with Gasteiger partial charge >= 0.3 is 0 Å². The molecule has 0 saturated heterocycles. The first kappa shape index (κ1) is 24.4. The van der Waals surface area contributed by atoms with Crippen LogP contribution in [0.4, 0.5) is 0 Å². The second kappa shape index (κ2) is 10.6. The molecule has 0 bridgehead atoms. The third kappa shape index (κ3) is 5.98. The molecular formula is C26H29N5O3. The normalized spacial score (nSPS) is 11.5. The number of nitrogens with zero attached hydrogens (tertiary/aromatic N) is 2. The zero-order valence-corrected chi connectivity index (χ0v) is 19.5. The van der Waals surface area contributed by atoms with Crippen LogP contribution in [0, 0.1) is 5.41 Å². The number of pyridine rings is 1. The van der Waals surface area contributed by atoms with Crippen molar-refractivity contribution in [2.24, 2.45) is 10.7 Å². The molecule has 1 aromatic heterocycles. The van der Waals surface area contributed by atoms with E-state index in [-0.39, 0.29) is 36.5 Å². The van der Waals surface area contributed by atoms with Gasteiger partial charge < -0.3 is 16.3 Å². The average molecular weight is 460 g/mol. The molecule has 0 spiro atoms. The van der Waals surface area contributed by atoms with Gasteiger partial charge in [0.25, 0.3) is 0 Å². The van der Waals surface area contributed by atoms with Crippen molar-refractivity contribution >= 4 is 17.5 Å². The lowest BCUT2D eigenvalue weighted by atomic mass is 9.99. The van der Waals surface area contributed by atoms with E-state index in [2.05, 4.69) is 10.3 Å². The SMILES string of the molecule is CC(=O)c1cccc(-c2ccc(=NC(C)C)n(O)c2CC(=O)NCc2ccc(C(=N)N)cc2)c1. The first-order valence-corrected chi connectivity index (χ1v) is 10.9. The molecule has 176 valence electrons. The fourth-order valence-electron chi connectivity index (χ4n) is 3.50. The van der Waals surface area contributed by atoms with Crippen molar-refractivity contribution in [2.75, 3.05) is 0 Å². The van der Waals surface area contributed by atoms with Gasteiger partial charge in [-0.25, -0.2) is 0 Å². The van der Waals surface area contributed by atoms with Crippen LogP contribution < -0.4 is 16.5 Å². The highest BCUT2D eigenvalue weighted by Gasteiger charge is 2.16. The number of Topliss-reactive ketones (excluding diaryl/α,β-unsaturated/α-hetero) is 1. The van der Waals surface area contributed by atoms with E-state index < -0.39 is 0 Å². The van der Waals surface area contributed by atoms with Crippen molar-refractivity contribution in [3.05, 3.63) is 88.5 Å². The number of aromatic nitrogens is 1. The minimum absolute atomic E-state index is 0.0175. The Morgan fingerprint density at radius 2 is 1.79 bits per heavy atom. The van der Waals surface area contributed by atoms with Crippen LogP contribution in [0.3, 0.4) is 0 Å². The van der Waals surface area contributed by atoms with Gasteiger partial charge in [-0.1, -0.05) is 42.5 Å². The maximum absolute atomic E-state index is 12.8. The number of nitrogen functional groups attached to an aromatic ring is 1. The molecule has 34 heavy (non-hydrogen) atoms. The highest BCUT2D eigenvalue weighted by Crippen LogP contribution is 2.24. The van der Waals surface area contributed by atoms with Gasteiger partial charge in [-0.15, -0.1) is 0 Å². The molecule has 1 amide bonds. The van der Waals surface area contributed by atoms with E-state index in [1.165, 1.54) is 6.92 Å². The lowest BCUT2D eigenvalue weighted by Gasteiger charge is -2.15. The monoisotopic (exact) mass is 459 g/mol. The van der Waals surface area contributed by atoms with E-state index >= 15 is 0 Å². The fourth-order valence-corrected chi connectivity index (χ4v) is 3.50. The van der Waals surface area contributed by atoms with Crippen LogP contribution in [0.1, 0.15) is 48.0 Å². The molecule has 5 N–H and O–H groups in total. The molecule has 0 saturated carbocycles. The first-order valence-electron chi connectivity index (χ1n) is 10.9. The summed E-state index contributed by atoms with van der Waals surface area (Å²) in [6.07, 6.45) is -0.0941. The standard InChI is InChI=1S/C26H29N5O3/c1-16(2)30-24-12-11-22(21-6-4-5-20(13-21)17(3)32)23(31(24)34)14-25(33)29-15-18-7-9-19(10-8-18)26(27)28/h4-13,16,34H,14-15H2,1-3H3,(H3,27,28)(H,29,33). The molecule has 2 aromatic carbocycles. The molecule has 0 aliphatic carbocycles. The van der Waals surface area contributed by atoms with Crippen molar-refractivity contribution in [1.29, 1.82) is 5.41 Å². The summed E-state index contributed by atoms with van der Waals surface area (Å²) in [6, 6.07) is 17.6. The Balaban J connectivity index is 1.91. The third-order valence-corrected chi connectivity index (χ3v) is 5.24. The van der Waals surface area contributed by atoms with Crippen LogP contribution in [-0.2, 0) is 17.8 Å². The van der Waals surface area contributed by atoms with Crippen molar-refractivity contribution in [3.63, 3.8) is 0 Å². The molecule has 0 atom stereocenters. The highest BCUT2D eigenvalue weighted by atomic mass is 16.5. The maximum atomic E-state index is 12.8. The number of rotatable bonds is 8. The van der Waals surface area contributed by atoms with Gasteiger partial charge in [0.15, 0.2) is 11.3 Å². The molecule has 3 aromatic rings. The Morgan fingerprint density at radius 1 is 1.09 bits per heavy atom. The number of hydrogen-bond acceptors (Lipinski definition) is 5. The largest absolute Gasteiger partial charge is 0.427 e. The number of ketones is 1. The quantitative estimate of drug-likeness (QED) is 0.178. The Kier molecular flexibility index (Phi) is 7.63. The van der Waals surface area contributed by atoms with Crippen molar-refractivity contribution < 1.29 is 14.8 Å². The van der Waals surface area contributed by atoms with Crippen LogP contribution in [0.5, 0.6) is 0 Å². The molecule has 8 heteroatoms. The van der Waals surface area contributed by atoms with E-state index in [9.17, 15) is 14.8 Å². The minimum atomic E-state index is -0.288. The van der Waals surface area contributed by atoms with Crippen LogP contribution in [-0.4, -0.2) is 33.5 Å². The van der Waals surface area contributed by atoms with Crippen LogP contribution in [0.15, 0.2) is 65.7 Å². The van der Waals surface area contributed by atoms with Crippen molar-refractivity contribution in [2.45, 2.75) is 39.8 Å². The zero-order chi connectivity index (χ0) is 24.8. The number of carbonyl (C=O) groups excluding carboxylic acids is 2. The van der Waals surface area contributed by atoms with Crippen LogP contribution in [0.25, 0.3) is 11.1 Å². The van der Waals surface area contributed by atoms with Gasteiger partial charge in [-0.3, -0.25) is 20.0 Å². The second-order valence-corrected chi connectivity index (χ2v) is 8.29. The highest BCUT2D eigenvalue weighted by molar-refractivity contribution is 5.95. The Bertz CT molecular complexity index is 1290. The van der Waals surface area contributed by atoms with E-state index in [4.69, 9.17) is 11.1 Å². The molecule has 3 rings (SSSR count). The summed E-state index contributed by atoms with van der Waals surface area (Å²) in [6.45, 7) is 5.57. The first-order chi connectivity index (χ1) is 16.2. The van der Waals surface area contributed by atoms with Crippen LogP contribution in [0.2, 0.25) is 0 Å². The van der Waals surface area contributed by atoms with E-state index in [1.54, 1.807) is 54.6 Å². The minimum Gasteiger partial charge on any atom is -0.427 e. The summed E-state index contributed by atoms with van der Waals surface area (Å²) in [7, 11) is 0. The molecule has 0 radical (unpaired) electrons. The number of benzene rings is 2. The van der Waals surface area contributed by atoms with Crippen molar-refractivity contribution in [1.82, 2.24) is 10.0 Å². The average Bonchev–Trinajstić information content (AvgIpc) is 2.80. The number of amides is 1. The molecule has 0 aliphatic heterocycles. The van der Waals surface area contributed by atoms with Gasteiger partial charge in [-0.2, -0.15) is 4.73 Å². The number of nitrogens with one attached hydrogen (secondary N) is 2. The van der Waals surface area contributed by atoms with E-state index in [0.29, 0.717) is 33.4 Å². The van der Waals surface area contributed by atoms with Gasteiger partial charge in [0, 0.05) is 29.3 Å². The van der Waals surface area contributed by atoms with Gasteiger partial charge in [0.05, 0.1) is 12.1 Å². The third-order valence-electron chi connectivity index (χ3n) is 5.24. The van der Waals surface area contributed by atoms with Crippen LogP contribution >= 0.6 is 0 Å². The molecule has 0 aliphatic rings. The smallest absolute Gasteiger partial charge is 0.226 e. The molecular weight excluding hydrogens is 430 g/mol. The molecule has 0 unspecified atom stereocenters. The Labute approximate surface area is 198 Å². The Morgan fingerprint density at radius 3 is 2.41 bits per heavy atom. The molecule has 1 heterocycles. The van der Waals surface area contributed by atoms with Crippen molar-refractivity contribution in [3.8, 4) is 11.1 Å². The number of nitrogens with two attached hydrogens (primary N) is 1. The maximum Gasteiger partial charge on any atom is 0.226 e. The lowest BCUT2D eigenvalue weighted by Crippen LogP contribution is -2.30. The lowest BCUT2D eigenvalue weighted by molar-refractivity contribution is -0.120. The fraction of sp³-hybridized carbons (Fsp3) is 0.231. The molecule has 8 nitrogen and oxygen atoms in total. The predicted molar refractivity (Wildman–Crippen MR) is 131 cm³/mol. The predicted octanol–water partition coefficient (Wildman–Crippen LogP) is 3.05. The second-order valence-electron chi connectivity index (χ2n) is 8.29. The van der Waals surface area contributed by atoms with Gasteiger partial charge in [-0.05, 0) is 50.1 Å². The topological polar surface area (TPSA) is 134 Å². The number of amidine groups is 1.